The van der Waals surface area contributed by atoms with Gasteiger partial charge in [0, 0.05) is 24.8 Å². The first-order valence-corrected chi connectivity index (χ1v) is 5.95. The van der Waals surface area contributed by atoms with Crippen molar-refractivity contribution in [1.29, 1.82) is 0 Å². The van der Waals surface area contributed by atoms with E-state index in [1.165, 1.54) is 0 Å². The van der Waals surface area contributed by atoms with Crippen molar-refractivity contribution in [2.24, 2.45) is 5.73 Å². The SMILES string of the molecule is Cc1ccc(C(N)=S)c(N(C)CC(C)(C)O)c1. The summed E-state index contributed by atoms with van der Waals surface area (Å²) in [4.78, 5) is 2.35. The molecule has 0 atom stereocenters. The number of hydrogen-bond donors (Lipinski definition) is 2. The quantitative estimate of drug-likeness (QED) is 0.803. The molecule has 0 bridgehead atoms. The Labute approximate surface area is 108 Å². The van der Waals surface area contributed by atoms with E-state index in [0.29, 0.717) is 11.5 Å². The van der Waals surface area contributed by atoms with Crippen molar-refractivity contribution in [2.45, 2.75) is 26.4 Å². The zero-order valence-electron chi connectivity index (χ0n) is 10.8. The fourth-order valence-electron chi connectivity index (χ4n) is 1.83. The lowest BCUT2D eigenvalue weighted by Crippen LogP contribution is -2.37. The highest BCUT2D eigenvalue weighted by atomic mass is 32.1. The molecule has 94 valence electrons. The van der Waals surface area contributed by atoms with Gasteiger partial charge in [-0.25, -0.2) is 0 Å². The first-order valence-electron chi connectivity index (χ1n) is 5.55. The van der Waals surface area contributed by atoms with E-state index in [-0.39, 0.29) is 0 Å². The third-order valence-corrected chi connectivity index (χ3v) is 2.67. The Morgan fingerprint density at radius 2 is 2.06 bits per heavy atom. The molecule has 1 aromatic rings. The van der Waals surface area contributed by atoms with Crippen LogP contribution in [0, 0.1) is 6.92 Å². The molecule has 0 aromatic heterocycles. The summed E-state index contributed by atoms with van der Waals surface area (Å²) in [7, 11) is 1.93. The van der Waals surface area contributed by atoms with Crippen molar-refractivity contribution in [3.63, 3.8) is 0 Å². The maximum atomic E-state index is 9.84. The molecule has 0 radical (unpaired) electrons. The number of hydrogen-bond acceptors (Lipinski definition) is 3. The maximum Gasteiger partial charge on any atom is 0.106 e. The van der Waals surface area contributed by atoms with E-state index in [1.54, 1.807) is 13.8 Å². The van der Waals surface area contributed by atoms with Crippen LogP contribution in [0.25, 0.3) is 0 Å². The van der Waals surface area contributed by atoms with Gasteiger partial charge in [-0.2, -0.15) is 0 Å². The Kier molecular flexibility index (Phi) is 4.11. The number of aliphatic hydroxyl groups is 1. The van der Waals surface area contributed by atoms with Crippen LogP contribution in [0.3, 0.4) is 0 Å². The van der Waals surface area contributed by atoms with Gasteiger partial charge in [0.25, 0.3) is 0 Å². The van der Waals surface area contributed by atoms with Gasteiger partial charge in [0.15, 0.2) is 0 Å². The molecule has 0 aliphatic rings. The lowest BCUT2D eigenvalue weighted by Gasteiger charge is -2.29. The van der Waals surface area contributed by atoms with Gasteiger partial charge in [-0.05, 0) is 38.5 Å². The molecule has 0 aliphatic carbocycles. The fraction of sp³-hybridized carbons (Fsp3) is 0.462. The highest BCUT2D eigenvalue weighted by Crippen LogP contribution is 2.22. The normalized spacial score (nSPS) is 11.4. The Hall–Kier alpha value is -1.13. The van der Waals surface area contributed by atoms with Crippen LogP contribution in [0.1, 0.15) is 25.0 Å². The van der Waals surface area contributed by atoms with Crippen LogP contribution in [0.5, 0.6) is 0 Å². The van der Waals surface area contributed by atoms with Gasteiger partial charge in [0.1, 0.15) is 4.99 Å². The Morgan fingerprint density at radius 1 is 1.47 bits per heavy atom. The molecule has 0 saturated carbocycles. The van der Waals surface area contributed by atoms with Crippen LogP contribution in [0.15, 0.2) is 18.2 Å². The van der Waals surface area contributed by atoms with Crippen LogP contribution < -0.4 is 10.6 Å². The van der Waals surface area contributed by atoms with E-state index in [9.17, 15) is 5.11 Å². The van der Waals surface area contributed by atoms with Gasteiger partial charge in [0.2, 0.25) is 0 Å². The summed E-state index contributed by atoms with van der Waals surface area (Å²) >= 11 is 5.04. The number of likely N-dealkylation sites (N-methyl/N-ethyl adjacent to an activating group) is 1. The largest absolute Gasteiger partial charge is 0.389 e. The lowest BCUT2D eigenvalue weighted by atomic mass is 10.1. The molecule has 0 fully saturated rings. The van der Waals surface area contributed by atoms with Crippen molar-refractivity contribution >= 4 is 22.9 Å². The summed E-state index contributed by atoms with van der Waals surface area (Å²) in [5.74, 6) is 0. The zero-order valence-corrected chi connectivity index (χ0v) is 11.6. The number of benzene rings is 1. The van der Waals surface area contributed by atoms with E-state index < -0.39 is 5.60 Å². The van der Waals surface area contributed by atoms with E-state index in [0.717, 1.165) is 16.8 Å². The second kappa shape index (κ2) is 5.02. The van der Waals surface area contributed by atoms with E-state index >= 15 is 0 Å². The van der Waals surface area contributed by atoms with E-state index in [4.69, 9.17) is 18.0 Å². The standard InChI is InChI=1S/C13H20N2OS/c1-9-5-6-10(12(14)17)11(7-9)15(4)8-13(2,3)16/h5-7,16H,8H2,1-4H3,(H2,14,17). The van der Waals surface area contributed by atoms with Gasteiger partial charge in [-0.3, -0.25) is 0 Å². The van der Waals surface area contributed by atoms with Gasteiger partial charge in [0.05, 0.1) is 5.60 Å². The molecule has 0 heterocycles. The van der Waals surface area contributed by atoms with Gasteiger partial charge < -0.3 is 15.7 Å². The molecule has 17 heavy (non-hydrogen) atoms. The molecular formula is C13H20N2OS. The summed E-state index contributed by atoms with van der Waals surface area (Å²) in [5.41, 5.74) is 7.89. The molecule has 4 heteroatoms. The molecule has 1 aromatic carbocycles. The number of anilines is 1. The Morgan fingerprint density at radius 3 is 2.53 bits per heavy atom. The summed E-state index contributed by atoms with van der Waals surface area (Å²) in [6.07, 6.45) is 0. The van der Waals surface area contributed by atoms with Crippen LogP contribution in [-0.4, -0.2) is 29.3 Å². The zero-order chi connectivity index (χ0) is 13.2. The van der Waals surface area contributed by atoms with Crippen molar-refractivity contribution in [3.8, 4) is 0 Å². The van der Waals surface area contributed by atoms with Crippen LogP contribution in [-0.2, 0) is 0 Å². The summed E-state index contributed by atoms with van der Waals surface area (Å²) in [6, 6.07) is 5.93. The fourth-order valence-corrected chi connectivity index (χ4v) is 2.00. The molecule has 0 aliphatic heterocycles. The topological polar surface area (TPSA) is 49.5 Å². The minimum absolute atomic E-state index is 0.377. The first-order chi connectivity index (χ1) is 7.70. The van der Waals surface area contributed by atoms with Crippen molar-refractivity contribution in [3.05, 3.63) is 29.3 Å². The number of nitrogens with zero attached hydrogens (tertiary/aromatic N) is 1. The second-order valence-corrected chi connectivity index (χ2v) is 5.49. The molecule has 0 amide bonds. The van der Waals surface area contributed by atoms with Gasteiger partial charge >= 0.3 is 0 Å². The smallest absolute Gasteiger partial charge is 0.106 e. The Bertz CT molecular complexity index is 424. The lowest BCUT2D eigenvalue weighted by molar-refractivity contribution is 0.0886. The van der Waals surface area contributed by atoms with Gasteiger partial charge in [-0.1, -0.05) is 18.3 Å². The number of rotatable bonds is 4. The van der Waals surface area contributed by atoms with E-state index in [2.05, 4.69) is 0 Å². The molecule has 3 nitrogen and oxygen atoms in total. The van der Waals surface area contributed by atoms with Crippen LogP contribution in [0.4, 0.5) is 5.69 Å². The van der Waals surface area contributed by atoms with Crippen molar-refractivity contribution < 1.29 is 5.11 Å². The first kappa shape index (κ1) is 13.9. The average Bonchev–Trinajstić information content (AvgIpc) is 2.14. The third kappa shape index (κ3) is 3.98. The summed E-state index contributed by atoms with van der Waals surface area (Å²) < 4.78 is 0. The molecule has 0 saturated heterocycles. The molecular weight excluding hydrogens is 232 g/mol. The van der Waals surface area contributed by atoms with E-state index in [1.807, 2.05) is 37.1 Å². The number of aryl methyl sites for hydroxylation is 1. The molecule has 1 rings (SSSR count). The minimum atomic E-state index is -0.758. The predicted octanol–water partition coefficient (Wildman–Crippen LogP) is 1.84. The highest BCUT2D eigenvalue weighted by Gasteiger charge is 2.18. The van der Waals surface area contributed by atoms with Crippen molar-refractivity contribution in [1.82, 2.24) is 0 Å². The second-order valence-electron chi connectivity index (χ2n) is 5.05. The van der Waals surface area contributed by atoms with Crippen molar-refractivity contribution in [2.75, 3.05) is 18.5 Å². The minimum Gasteiger partial charge on any atom is -0.389 e. The molecule has 0 spiro atoms. The highest BCUT2D eigenvalue weighted by molar-refractivity contribution is 7.80. The number of thiocarbonyl (C=S) groups is 1. The molecule has 0 unspecified atom stereocenters. The summed E-state index contributed by atoms with van der Waals surface area (Å²) in [6.45, 7) is 6.09. The Balaban J connectivity index is 3.10. The molecule has 3 N–H and O–H groups in total. The number of nitrogens with two attached hydrogens (primary N) is 1. The monoisotopic (exact) mass is 252 g/mol. The average molecular weight is 252 g/mol. The maximum absolute atomic E-state index is 9.84. The van der Waals surface area contributed by atoms with Gasteiger partial charge in [-0.15, -0.1) is 0 Å². The van der Waals surface area contributed by atoms with Crippen LogP contribution >= 0.6 is 12.2 Å². The summed E-state index contributed by atoms with van der Waals surface area (Å²) in [5, 5.41) is 9.84. The third-order valence-electron chi connectivity index (χ3n) is 2.45. The predicted molar refractivity (Wildman–Crippen MR) is 76.6 cm³/mol. The van der Waals surface area contributed by atoms with Crippen LogP contribution in [0.2, 0.25) is 0 Å².